The molecule has 0 aliphatic carbocycles. The van der Waals surface area contributed by atoms with Gasteiger partial charge in [0.05, 0.1) is 12.2 Å². The van der Waals surface area contributed by atoms with E-state index in [0.29, 0.717) is 6.54 Å². The summed E-state index contributed by atoms with van der Waals surface area (Å²) in [6, 6.07) is 19.5. The molecule has 3 aromatic rings. The van der Waals surface area contributed by atoms with Crippen molar-refractivity contribution in [3.63, 3.8) is 0 Å². The highest BCUT2D eigenvalue weighted by molar-refractivity contribution is 7.98. The van der Waals surface area contributed by atoms with Crippen molar-refractivity contribution < 1.29 is 8.42 Å². The van der Waals surface area contributed by atoms with Gasteiger partial charge in [-0.25, -0.2) is 13.1 Å². The zero-order chi connectivity index (χ0) is 21.0. The van der Waals surface area contributed by atoms with Crippen molar-refractivity contribution in [3.8, 4) is 0 Å². The van der Waals surface area contributed by atoms with Crippen LogP contribution in [-0.2, 0) is 28.7 Å². The van der Waals surface area contributed by atoms with Crippen LogP contribution in [0.25, 0.3) is 6.08 Å². The van der Waals surface area contributed by atoms with Crippen molar-refractivity contribution in [2.75, 3.05) is 5.75 Å². The predicted octanol–water partition coefficient (Wildman–Crippen LogP) is 4.37. The highest BCUT2D eigenvalue weighted by atomic mass is 32.2. The van der Waals surface area contributed by atoms with Crippen LogP contribution >= 0.6 is 11.8 Å². The number of sulfonamides is 1. The number of rotatable bonds is 7. The van der Waals surface area contributed by atoms with Crippen molar-refractivity contribution >= 4 is 27.9 Å². The van der Waals surface area contributed by atoms with E-state index in [4.69, 9.17) is 5.10 Å². The molecule has 1 atom stereocenters. The van der Waals surface area contributed by atoms with Crippen LogP contribution in [-0.4, -0.2) is 24.0 Å². The third-order valence-corrected chi connectivity index (χ3v) is 7.31. The fourth-order valence-corrected chi connectivity index (χ4v) is 5.62. The van der Waals surface area contributed by atoms with Gasteiger partial charge < -0.3 is 0 Å². The molecule has 0 unspecified atom stereocenters. The summed E-state index contributed by atoms with van der Waals surface area (Å²) in [6.45, 7) is 2.53. The van der Waals surface area contributed by atoms with Crippen molar-refractivity contribution in [2.24, 2.45) is 0 Å². The summed E-state index contributed by atoms with van der Waals surface area (Å²) >= 11 is 1.86. The van der Waals surface area contributed by atoms with Crippen molar-refractivity contribution in [2.45, 2.75) is 31.7 Å². The molecule has 0 amide bonds. The molecule has 2 aromatic carbocycles. The molecule has 0 radical (unpaired) electrons. The molecule has 1 aliphatic heterocycles. The Hall–Kier alpha value is -2.35. The van der Waals surface area contributed by atoms with Gasteiger partial charge in [0, 0.05) is 28.5 Å². The van der Waals surface area contributed by atoms with Gasteiger partial charge in [-0.3, -0.25) is 4.68 Å². The Bertz CT molecular complexity index is 1120. The van der Waals surface area contributed by atoms with E-state index >= 15 is 0 Å². The number of nitrogens with zero attached hydrogens (tertiary/aromatic N) is 2. The van der Waals surface area contributed by atoms with Gasteiger partial charge in [0.15, 0.2) is 0 Å². The first-order chi connectivity index (χ1) is 14.5. The molecule has 0 spiro atoms. The fourth-order valence-electron chi connectivity index (χ4n) is 3.61. The largest absolute Gasteiger partial charge is 0.264 e. The number of aromatic nitrogens is 2. The van der Waals surface area contributed by atoms with Crippen molar-refractivity contribution in [1.29, 1.82) is 0 Å². The average Bonchev–Trinajstić information content (AvgIpc) is 3.11. The van der Waals surface area contributed by atoms with Crippen LogP contribution in [0.15, 0.2) is 66.1 Å². The molecular formula is C23H25N3O2S2. The van der Waals surface area contributed by atoms with E-state index in [2.05, 4.69) is 16.9 Å². The van der Waals surface area contributed by atoms with Gasteiger partial charge in [0.25, 0.3) is 0 Å². The lowest BCUT2D eigenvalue weighted by atomic mass is 10.1. The Balaban J connectivity index is 1.55. The van der Waals surface area contributed by atoms with Crippen LogP contribution in [0.2, 0.25) is 0 Å². The van der Waals surface area contributed by atoms with Crippen LogP contribution in [0.3, 0.4) is 0 Å². The lowest BCUT2D eigenvalue weighted by Crippen LogP contribution is -2.24. The molecular weight excluding hydrogens is 414 g/mol. The fraction of sp³-hybridized carbons (Fsp3) is 0.261. The van der Waals surface area contributed by atoms with Crippen LogP contribution in [0, 0.1) is 0 Å². The van der Waals surface area contributed by atoms with Gasteiger partial charge in [0.2, 0.25) is 10.0 Å². The molecule has 0 saturated heterocycles. The first-order valence-electron chi connectivity index (χ1n) is 9.97. The van der Waals surface area contributed by atoms with Crippen LogP contribution in [0.4, 0.5) is 0 Å². The van der Waals surface area contributed by atoms with E-state index in [9.17, 15) is 8.42 Å². The summed E-state index contributed by atoms with van der Waals surface area (Å²) in [5.74, 6) is 1.92. The first-order valence-corrected chi connectivity index (χ1v) is 12.7. The Morgan fingerprint density at radius 3 is 2.57 bits per heavy atom. The third-order valence-electron chi connectivity index (χ3n) is 5.15. The van der Waals surface area contributed by atoms with E-state index in [-0.39, 0.29) is 6.04 Å². The van der Waals surface area contributed by atoms with Crippen LogP contribution in [0.5, 0.6) is 0 Å². The predicted molar refractivity (Wildman–Crippen MR) is 124 cm³/mol. The van der Waals surface area contributed by atoms with Gasteiger partial charge in [0.1, 0.15) is 0 Å². The van der Waals surface area contributed by atoms with E-state index in [1.807, 2.05) is 71.9 Å². The quantitative estimate of drug-likeness (QED) is 0.594. The minimum Gasteiger partial charge on any atom is -0.264 e. The molecule has 1 aliphatic rings. The van der Waals surface area contributed by atoms with Gasteiger partial charge >= 0.3 is 0 Å². The molecule has 1 aromatic heterocycles. The molecule has 30 heavy (non-hydrogen) atoms. The molecule has 5 nitrogen and oxygen atoms in total. The SMILES string of the molecule is C[C@H](NS(=O)(=O)C=Cc1nn(Cc2ccccc2)c2c1CSCC2)c1ccccc1. The number of hydrogen-bond acceptors (Lipinski definition) is 4. The molecule has 7 heteroatoms. The average molecular weight is 440 g/mol. The maximum absolute atomic E-state index is 12.6. The monoisotopic (exact) mass is 439 g/mol. The lowest BCUT2D eigenvalue weighted by molar-refractivity contribution is 0.576. The Labute approximate surface area is 182 Å². The van der Waals surface area contributed by atoms with E-state index in [1.54, 1.807) is 6.08 Å². The first kappa shape index (κ1) is 20.9. The zero-order valence-electron chi connectivity index (χ0n) is 16.9. The Morgan fingerprint density at radius 1 is 1.13 bits per heavy atom. The van der Waals surface area contributed by atoms with Gasteiger partial charge in [-0.05, 0) is 36.3 Å². The molecule has 156 valence electrons. The maximum atomic E-state index is 12.6. The topological polar surface area (TPSA) is 64.0 Å². The molecule has 1 N–H and O–H groups in total. The number of nitrogens with one attached hydrogen (secondary N) is 1. The number of benzene rings is 2. The zero-order valence-corrected chi connectivity index (χ0v) is 18.5. The normalized spacial score (nSPS) is 15.2. The summed E-state index contributed by atoms with van der Waals surface area (Å²) in [4.78, 5) is 0. The maximum Gasteiger partial charge on any atom is 0.234 e. The van der Waals surface area contributed by atoms with Crippen LogP contribution in [0.1, 0.15) is 41.0 Å². The second-order valence-electron chi connectivity index (χ2n) is 7.35. The van der Waals surface area contributed by atoms with E-state index < -0.39 is 10.0 Å². The minimum atomic E-state index is -3.59. The summed E-state index contributed by atoms with van der Waals surface area (Å²) in [7, 11) is -3.59. The molecule has 0 bridgehead atoms. The van der Waals surface area contributed by atoms with Crippen molar-refractivity contribution in [3.05, 3.63) is 94.1 Å². The molecule has 2 heterocycles. The van der Waals surface area contributed by atoms with Gasteiger partial charge in [-0.2, -0.15) is 16.9 Å². The van der Waals surface area contributed by atoms with Crippen LogP contribution < -0.4 is 4.72 Å². The summed E-state index contributed by atoms with van der Waals surface area (Å²) in [6.07, 6.45) is 2.58. The Morgan fingerprint density at radius 2 is 1.83 bits per heavy atom. The second-order valence-corrected chi connectivity index (χ2v) is 10.1. The number of thioether (sulfide) groups is 1. The van der Waals surface area contributed by atoms with Gasteiger partial charge in [-0.15, -0.1) is 0 Å². The summed E-state index contributed by atoms with van der Waals surface area (Å²) in [5.41, 5.74) is 5.20. The Kier molecular flexibility index (Phi) is 6.41. The van der Waals surface area contributed by atoms with Gasteiger partial charge in [-0.1, -0.05) is 60.7 Å². The number of hydrogen-bond donors (Lipinski definition) is 1. The lowest BCUT2D eigenvalue weighted by Gasteiger charge is -2.14. The second kappa shape index (κ2) is 9.20. The smallest absolute Gasteiger partial charge is 0.234 e. The molecule has 0 fully saturated rings. The van der Waals surface area contributed by atoms with E-state index in [0.717, 1.165) is 34.7 Å². The third kappa shape index (κ3) is 5.03. The highest BCUT2D eigenvalue weighted by Gasteiger charge is 2.21. The molecule has 4 rings (SSSR count). The summed E-state index contributed by atoms with van der Waals surface area (Å²) < 4.78 is 30.0. The van der Waals surface area contributed by atoms with E-state index in [1.165, 1.54) is 16.7 Å². The number of fused-ring (bicyclic) bond motifs is 1. The molecule has 0 saturated carbocycles. The van der Waals surface area contributed by atoms with Crippen molar-refractivity contribution in [1.82, 2.24) is 14.5 Å². The summed E-state index contributed by atoms with van der Waals surface area (Å²) in [5, 5.41) is 5.99. The highest BCUT2D eigenvalue weighted by Crippen LogP contribution is 2.29. The standard InChI is InChI=1S/C23H25N3O2S2/c1-18(20-10-6-3-7-11-20)25-30(27,28)15-13-22-21-17-29-14-12-23(21)26(24-22)16-19-8-4-2-5-9-19/h2-11,13,15,18,25H,12,14,16-17H2,1H3/t18-/m0/s1. The minimum absolute atomic E-state index is 0.305.